The molecule has 0 aromatic heterocycles. The van der Waals surface area contributed by atoms with Crippen LogP contribution in [-0.2, 0) is 24.2 Å². The molecule has 0 radical (unpaired) electrons. The smallest absolute Gasteiger partial charge is 0.220 e. The fourth-order valence-corrected chi connectivity index (χ4v) is 6.15. The van der Waals surface area contributed by atoms with Gasteiger partial charge in [-0.1, -0.05) is 72.3 Å². The first-order valence-corrected chi connectivity index (χ1v) is 12.0. The molecular weight excluding hydrogens is 416 g/mol. The van der Waals surface area contributed by atoms with E-state index in [2.05, 4.69) is 70.9 Å². The van der Waals surface area contributed by atoms with Crippen molar-refractivity contribution >= 4 is 17.5 Å². The molecule has 6 rings (SSSR count). The summed E-state index contributed by atoms with van der Waals surface area (Å²) in [6.45, 7) is 2.83. The van der Waals surface area contributed by atoms with E-state index in [4.69, 9.17) is 11.6 Å². The highest BCUT2D eigenvalue weighted by molar-refractivity contribution is 6.36. The van der Waals surface area contributed by atoms with Gasteiger partial charge in [-0.3, -0.25) is 9.69 Å². The van der Waals surface area contributed by atoms with E-state index in [1.165, 1.54) is 35.1 Å². The van der Waals surface area contributed by atoms with Crippen LogP contribution in [0.4, 0.5) is 0 Å². The lowest BCUT2D eigenvalue weighted by Gasteiger charge is -2.48. The Bertz CT molecular complexity index is 1190. The lowest BCUT2D eigenvalue weighted by molar-refractivity contribution is -0.120. The monoisotopic (exact) mass is 442 g/mol. The highest BCUT2D eigenvalue weighted by Gasteiger charge is 2.47. The average Bonchev–Trinajstić information content (AvgIpc) is 3.41. The number of amides is 1. The highest BCUT2D eigenvalue weighted by atomic mass is 35.5. The standard InChI is InChI=1S/C28H27ClN2O/c29-27-23(7-3-9-25(27)24-8-2-5-20-4-1-6-22(20)24)21-12-10-19(11-13-21)16-31-17-28(18-31)15-14-26(32)30-28/h2-3,5,7-13H,1,4,6,14-18H2,(H,30,32). The van der Waals surface area contributed by atoms with Crippen LogP contribution in [0.3, 0.4) is 0 Å². The molecule has 1 spiro atoms. The summed E-state index contributed by atoms with van der Waals surface area (Å²) < 4.78 is 0. The van der Waals surface area contributed by atoms with E-state index in [-0.39, 0.29) is 11.4 Å². The SMILES string of the molecule is O=C1CCC2(CN(Cc3ccc(-c4cccc(-c5cccc6c5CCC6)c4Cl)cc3)C2)N1. The van der Waals surface area contributed by atoms with Crippen LogP contribution in [0.1, 0.15) is 36.0 Å². The van der Waals surface area contributed by atoms with Crippen molar-refractivity contribution in [1.82, 2.24) is 10.2 Å². The molecule has 1 aliphatic carbocycles. The Hall–Kier alpha value is -2.62. The van der Waals surface area contributed by atoms with Crippen LogP contribution in [0.2, 0.25) is 5.02 Å². The van der Waals surface area contributed by atoms with Gasteiger partial charge in [-0.05, 0) is 53.5 Å². The van der Waals surface area contributed by atoms with Crippen molar-refractivity contribution in [3.63, 3.8) is 0 Å². The normalized spacial score (nSPS) is 19.1. The van der Waals surface area contributed by atoms with Crippen LogP contribution in [0.25, 0.3) is 22.3 Å². The first-order chi connectivity index (χ1) is 15.6. The van der Waals surface area contributed by atoms with Gasteiger partial charge in [0.05, 0.1) is 10.6 Å². The Morgan fingerprint density at radius 1 is 0.875 bits per heavy atom. The largest absolute Gasteiger partial charge is 0.348 e. The van der Waals surface area contributed by atoms with E-state index in [9.17, 15) is 4.79 Å². The number of nitrogens with zero attached hydrogens (tertiary/aromatic N) is 1. The van der Waals surface area contributed by atoms with Gasteiger partial charge < -0.3 is 5.32 Å². The van der Waals surface area contributed by atoms with Crippen molar-refractivity contribution in [2.75, 3.05) is 13.1 Å². The maximum Gasteiger partial charge on any atom is 0.220 e. The van der Waals surface area contributed by atoms with E-state index in [0.717, 1.165) is 54.2 Å². The number of rotatable bonds is 4. The molecule has 3 aliphatic rings. The van der Waals surface area contributed by atoms with Crippen molar-refractivity contribution in [1.29, 1.82) is 0 Å². The van der Waals surface area contributed by atoms with E-state index < -0.39 is 0 Å². The summed E-state index contributed by atoms with van der Waals surface area (Å²) in [5, 5.41) is 3.99. The third-order valence-electron chi connectivity index (χ3n) is 7.39. The number of hydrogen-bond acceptors (Lipinski definition) is 2. The highest BCUT2D eigenvalue weighted by Crippen LogP contribution is 2.40. The zero-order valence-corrected chi connectivity index (χ0v) is 18.9. The van der Waals surface area contributed by atoms with Crippen LogP contribution in [0.15, 0.2) is 60.7 Å². The van der Waals surface area contributed by atoms with E-state index in [1.54, 1.807) is 0 Å². The number of benzene rings is 3. The summed E-state index contributed by atoms with van der Waals surface area (Å²) in [4.78, 5) is 14.0. The number of likely N-dealkylation sites (tertiary alicyclic amines) is 1. The van der Waals surface area contributed by atoms with Gasteiger partial charge in [0.2, 0.25) is 5.91 Å². The van der Waals surface area contributed by atoms with Crippen molar-refractivity contribution in [2.24, 2.45) is 0 Å². The van der Waals surface area contributed by atoms with Gasteiger partial charge in [0.1, 0.15) is 0 Å². The Morgan fingerprint density at radius 2 is 1.62 bits per heavy atom. The van der Waals surface area contributed by atoms with Gasteiger partial charge >= 0.3 is 0 Å². The summed E-state index contributed by atoms with van der Waals surface area (Å²) in [5.74, 6) is 0.202. The molecule has 162 valence electrons. The summed E-state index contributed by atoms with van der Waals surface area (Å²) >= 11 is 6.97. The Kier molecular flexibility index (Phi) is 4.85. The van der Waals surface area contributed by atoms with E-state index >= 15 is 0 Å². The van der Waals surface area contributed by atoms with Gasteiger partial charge in [0.25, 0.3) is 0 Å². The molecule has 2 fully saturated rings. The van der Waals surface area contributed by atoms with Crippen LogP contribution in [0, 0.1) is 0 Å². The molecule has 0 unspecified atom stereocenters. The zero-order valence-electron chi connectivity index (χ0n) is 18.2. The quantitative estimate of drug-likeness (QED) is 0.568. The molecule has 0 saturated carbocycles. The van der Waals surface area contributed by atoms with Crippen LogP contribution >= 0.6 is 11.6 Å². The number of halogens is 1. The minimum atomic E-state index is 0.0442. The predicted octanol–water partition coefficient (Wildman–Crippen LogP) is 5.63. The van der Waals surface area contributed by atoms with Crippen LogP contribution < -0.4 is 5.32 Å². The molecule has 2 heterocycles. The van der Waals surface area contributed by atoms with Crippen molar-refractivity contribution < 1.29 is 4.79 Å². The molecule has 1 N–H and O–H groups in total. The van der Waals surface area contributed by atoms with Gasteiger partial charge in [0.15, 0.2) is 0 Å². The number of nitrogens with one attached hydrogen (secondary N) is 1. The summed E-state index contributed by atoms with van der Waals surface area (Å²) in [6.07, 6.45) is 5.19. The molecule has 3 nitrogen and oxygen atoms in total. The molecule has 2 aliphatic heterocycles. The number of carbonyl (C=O) groups excluding carboxylic acids is 1. The average molecular weight is 443 g/mol. The molecule has 0 bridgehead atoms. The molecule has 1 amide bonds. The minimum Gasteiger partial charge on any atom is -0.348 e. The number of hydrogen-bond donors (Lipinski definition) is 1. The minimum absolute atomic E-state index is 0.0442. The molecule has 3 aromatic carbocycles. The predicted molar refractivity (Wildman–Crippen MR) is 130 cm³/mol. The fourth-order valence-electron chi connectivity index (χ4n) is 5.82. The van der Waals surface area contributed by atoms with Gasteiger partial charge in [-0.25, -0.2) is 0 Å². The molecule has 0 atom stereocenters. The summed E-state index contributed by atoms with van der Waals surface area (Å²) in [7, 11) is 0. The second kappa shape index (κ2) is 7.75. The summed E-state index contributed by atoms with van der Waals surface area (Å²) in [5.41, 5.74) is 8.93. The lowest BCUT2D eigenvalue weighted by atomic mass is 9.88. The van der Waals surface area contributed by atoms with Crippen molar-refractivity contribution in [3.8, 4) is 22.3 Å². The molecule has 2 saturated heterocycles. The topological polar surface area (TPSA) is 32.3 Å². The Balaban J connectivity index is 1.21. The second-order valence-corrected chi connectivity index (χ2v) is 10.0. The maximum absolute atomic E-state index is 11.5. The molecular formula is C28H27ClN2O. The third kappa shape index (κ3) is 3.44. The lowest BCUT2D eigenvalue weighted by Crippen LogP contribution is -2.66. The van der Waals surface area contributed by atoms with Gasteiger partial charge in [-0.15, -0.1) is 0 Å². The molecule has 4 heteroatoms. The van der Waals surface area contributed by atoms with E-state index in [0.29, 0.717) is 6.42 Å². The number of carbonyl (C=O) groups is 1. The van der Waals surface area contributed by atoms with Gasteiger partial charge in [0, 0.05) is 37.2 Å². The van der Waals surface area contributed by atoms with Crippen molar-refractivity contribution in [2.45, 2.75) is 44.2 Å². The number of fused-ring (bicyclic) bond motifs is 1. The second-order valence-electron chi connectivity index (χ2n) is 9.63. The zero-order chi connectivity index (χ0) is 21.7. The first-order valence-electron chi connectivity index (χ1n) is 11.6. The van der Waals surface area contributed by atoms with E-state index in [1.807, 2.05) is 0 Å². The Labute approximate surface area is 194 Å². The first kappa shape index (κ1) is 20.0. The summed E-state index contributed by atoms with van der Waals surface area (Å²) in [6, 6.07) is 21.8. The van der Waals surface area contributed by atoms with Crippen molar-refractivity contribution in [3.05, 3.63) is 82.4 Å². The maximum atomic E-state index is 11.5. The van der Waals surface area contributed by atoms with Crippen LogP contribution in [0.5, 0.6) is 0 Å². The third-order valence-corrected chi connectivity index (χ3v) is 7.80. The van der Waals surface area contributed by atoms with Crippen LogP contribution in [-0.4, -0.2) is 29.4 Å². The number of aryl methyl sites for hydroxylation is 1. The fraction of sp³-hybridized carbons (Fsp3) is 0.321. The molecule has 3 aromatic rings. The molecule has 32 heavy (non-hydrogen) atoms. The van der Waals surface area contributed by atoms with Gasteiger partial charge in [-0.2, -0.15) is 0 Å². The Morgan fingerprint density at radius 3 is 2.41 bits per heavy atom.